The van der Waals surface area contributed by atoms with Crippen molar-refractivity contribution < 1.29 is 13.9 Å². The smallest absolute Gasteiger partial charge is 0.137 e. The Morgan fingerprint density at radius 1 is 1.07 bits per heavy atom. The van der Waals surface area contributed by atoms with Crippen LogP contribution in [0.15, 0.2) is 73.6 Å². The molecule has 0 fully saturated rings. The fourth-order valence-electron chi connectivity index (χ4n) is 3.58. The minimum absolute atomic E-state index is 0.0352. The molecule has 1 N–H and O–H groups in total. The molecule has 0 saturated carbocycles. The van der Waals surface area contributed by atoms with Gasteiger partial charge < -0.3 is 5.11 Å². The van der Waals surface area contributed by atoms with Gasteiger partial charge in [-0.05, 0) is 24.1 Å². The lowest BCUT2D eigenvalue weighted by Gasteiger charge is -2.34. The highest BCUT2D eigenvalue weighted by atomic mass is 19.1. The average Bonchev–Trinajstić information content (AvgIpc) is 3.40. The first-order chi connectivity index (χ1) is 14.5. The van der Waals surface area contributed by atoms with Crippen LogP contribution in [-0.4, -0.2) is 29.7 Å². The number of halogens is 2. The Balaban J connectivity index is 1.68. The van der Waals surface area contributed by atoms with Crippen LogP contribution in [0.3, 0.4) is 0 Å². The maximum Gasteiger partial charge on any atom is 0.137 e. The maximum absolute atomic E-state index is 14.7. The third-order valence-electron chi connectivity index (χ3n) is 5.26. The molecule has 0 aliphatic heterocycles. The highest BCUT2D eigenvalue weighted by molar-refractivity contribution is 5.27. The first kappa shape index (κ1) is 19.9. The molecule has 4 aromatic rings. The monoisotopic (exact) mass is 409 g/mol. The van der Waals surface area contributed by atoms with E-state index in [0.717, 1.165) is 23.3 Å². The van der Waals surface area contributed by atoms with Gasteiger partial charge >= 0.3 is 0 Å². The van der Waals surface area contributed by atoms with Gasteiger partial charge in [-0.3, -0.25) is 4.68 Å². The topological polar surface area (TPSA) is 68.8 Å². The summed E-state index contributed by atoms with van der Waals surface area (Å²) in [4.78, 5) is 3.88. The van der Waals surface area contributed by atoms with Crippen molar-refractivity contribution in [3.8, 4) is 0 Å². The molecule has 0 aliphatic carbocycles. The minimum atomic E-state index is -1.75. The van der Waals surface area contributed by atoms with Gasteiger partial charge in [0, 0.05) is 24.2 Å². The molecule has 154 valence electrons. The number of hydrogen-bond acceptors (Lipinski definition) is 4. The van der Waals surface area contributed by atoms with Crippen LogP contribution in [0.2, 0.25) is 0 Å². The van der Waals surface area contributed by atoms with E-state index in [1.54, 1.807) is 17.8 Å². The van der Waals surface area contributed by atoms with E-state index in [9.17, 15) is 13.9 Å². The van der Waals surface area contributed by atoms with E-state index >= 15 is 0 Å². The predicted octanol–water partition coefficient (Wildman–Crippen LogP) is 3.49. The van der Waals surface area contributed by atoms with Gasteiger partial charge in [0.05, 0.1) is 18.8 Å². The summed E-state index contributed by atoms with van der Waals surface area (Å²) in [5.41, 5.74) is 0.302. The fraction of sp³-hybridized carbons (Fsp3) is 0.227. The lowest BCUT2D eigenvalue weighted by atomic mass is 9.86. The molecule has 8 heteroatoms. The van der Waals surface area contributed by atoms with Gasteiger partial charge in [-0.15, -0.1) is 0 Å². The Morgan fingerprint density at radius 3 is 2.57 bits per heavy atom. The zero-order chi connectivity index (χ0) is 21.1. The third-order valence-corrected chi connectivity index (χ3v) is 5.26. The second-order valence-corrected chi connectivity index (χ2v) is 7.31. The minimum Gasteiger partial charge on any atom is -0.381 e. The molecule has 0 aliphatic rings. The van der Waals surface area contributed by atoms with E-state index in [4.69, 9.17) is 0 Å². The van der Waals surface area contributed by atoms with E-state index in [1.165, 1.54) is 23.4 Å². The molecule has 0 amide bonds. The van der Waals surface area contributed by atoms with Crippen molar-refractivity contribution in [1.29, 1.82) is 0 Å². The molecule has 2 atom stereocenters. The van der Waals surface area contributed by atoms with Gasteiger partial charge in [0.2, 0.25) is 0 Å². The predicted molar refractivity (Wildman–Crippen MR) is 106 cm³/mol. The summed E-state index contributed by atoms with van der Waals surface area (Å²) in [5, 5.41) is 20.1. The number of nitrogens with zero attached hydrogens (tertiary/aromatic N) is 5. The first-order valence-electron chi connectivity index (χ1n) is 9.53. The van der Waals surface area contributed by atoms with Crippen LogP contribution in [0, 0.1) is 11.6 Å². The quantitative estimate of drug-likeness (QED) is 0.507. The Kier molecular flexibility index (Phi) is 5.41. The van der Waals surface area contributed by atoms with Crippen molar-refractivity contribution in [2.45, 2.75) is 31.5 Å². The Morgan fingerprint density at radius 2 is 1.87 bits per heavy atom. The van der Waals surface area contributed by atoms with Gasteiger partial charge in [-0.1, -0.05) is 36.4 Å². The van der Waals surface area contributed by atoms with E-state index in [0.29, 0.717) is 6.42 Å². The Bertz CT molecular complexity index is 1110. The lowest BCUT2D eigenvalue weighted by Crippen LogP contribution is -2.40. The molecule has 0 radical (unpaired) electrons. The molecule has 0 spiro atoms. The van der Waals surface area contributed by atoms with Crippen molar-refractivity contribution in [3.63, 3.8) is 0 Å². The van der Waals surface area contributed by atoms with Crippen molar-refractivity contribution >= 4 is 0 Å². The summed E-state index contributed by atoms with van der Waals surface area (Å²) in [6.07, 6.45) is 6.99. The van der Waals surface area contributed by atoms with Crippen LogP contribution in [0.25, 0.3) is 0 Å². The van der Waals surface area contributed by atoms with E-state index in [1.807, 2.05) is 36.5 Å². The molecular formula is C22H21F2N5O. The zero-order valence-corrected chi connectivity index (χ0v) is 16.4. The molecule has 0 unspecified atom stereocenters. The number of aromatic nitrogens is 5. The maximum atomic E-state index is 14.7. The van der Waals surface area contributed by atoms with Gasteiger partial charge in [0.15, 0.2) is 0 Å². The number of benzene rings is 2. The molecule has 4 rings (SSSR count). The molecule has 6 nitrogen and oxygen atoms in total. The van der Waals surface area contributed by atoms with Gasteiger partial charge in [0.25, 0.3) is 0 Å². The summed E-state index contributed by atoms with van der Waals surface area (Å²) >= 11 is 0. The van der Waals surface area contributed by atoms with E-state index < -0.39 is 23.3 Å². The summed E-state index contributed by atoms with van der Waals surface area (Å²) in [6, 6.07) is 12.4. The Labute approximate surface area is 172 Å². The normalized spacial score (nSPS) is 14.4. The molecule has 30 heavy (non-hydrogen) atoms. The number of aliphatic hydroxyl groups is 1. The van der Waals surface area contributed by atoms with Gasteiger partial charge in [-0.2, -0.15) is 10.2 Å². The Hall–Kier alpha value is -3.39. The molecule has 2 aromatic heterocycles. The molecular weight excluding hydrogens is 388 g/mol. The number of rotatable bonds is 7. The second kappa shape index (κ2) is 8.16. The largest absolute Gasteiger partial charge is 0.381 e. The first-order valence-corrected chi connectivity index (χ1v) is 9.53. The molecule has 2 heterocycles. The van der Waals surface area contributed by atoms with Gasteiger partial charge in [-0.25, -0.2) is 18.4 Å². The van der Waals surface area contributed by atoms with E-state index in [2.05, 4.69) is 15.2 Å². The standard InChI is InChI=1S/C22H21F2N5O/c1-16(29-12-18(11-26-29)9-17-5-3-2-4-6-17)22(30,13-28-15-25-14-27-28)20-8-7-19(23)10-21(20)24/h2-8,10-12,14-16,30H,9,13H2,1H3/t16-,22-/m1/s1. The van der Waals surface area contributed by atoms with Crippen LogP contribution in [0.5, 0.6) is 0 Å². The highest BCUT2D eigenvalue weighted by Crippen LogP contribution is 2.36. The molecule has 2 aromatic carbocycles. The number of hydrogen-bond donors (Lipinski definition) is 1. The van der Waals surface area contributed by atoms with Crippen LogP contribution in [0.1, 0.15) is 29.7 Å². The van der Waals surface area contributed by atoms with Crippen molar-refractivity contribution in [1.82, 2.24) is 24.5 Å². The highest BCUT2D eigenvalue weighted by Gasteiger charge is 2.40. The summed E-state index contributed by atoms with van der Waals surface area (Å²) in [7, 11) is 0. The summed E-state index contributed by atoms with van der Waals surface area (Å²) in [6.45, 7) is 1.66. The summed E-state index contributed by atoms with van der Waals surface area (Å²) in [5.74, 6) is -1.54. The zero-order valence-electron chi connectivity index (χ0n) is 16.4. The van der Waals surface area contributed by atoms with Crippen LogP contribution >= 0.6 is 0 Å². The average molecular weight is 409 g/mol. The van der Waals surface area contributed by atoms with Crippen molar-refractivity contribution in [2.75, 3.05) is 0 Å². The van der Waals surface area contributed by atoms with E-state index in [-0.39, 0.29) is 12.1 Å². The SMILES string of the molecule is C[C@@H](n1cc(Cc2ccccc2)cn1)[C@](O)(Cn1cncn1)c1ccc(F)cc1F. The van der Waals surface area contributed by atoms with Crippen molar-refractivity contribution in [3.05, 3.63) is 102 Å². The second-order valence-electron chi connectivity index (χ2n) is 7.31. The van der Waals surface area contributed by atoms with Crippen molar-refractivity contribution in [2.24, 2.45) is 0 Å². The molecule has 0 bridgehead atoms. The lowest BCUT2D eigenvalue weighted by molar-refractivity contribution is -0.0369. The fourth-order valence-corrected chi connectivity index (χ4v) is 3.58. The molecule has 0 saturated heterocycles. The van der Waals surface area contributed by atoms with Crippen LogP contribution in [0.4, 0.5) is 8.78 Å². The van der Waals surface area contributed by atoms with Crippen LogP contribution in [-0.2, 0) is 18.6 Å². The third kappa shape index (κ3) is 3.99. The van der Waals surface area contributed by atoms with Gasteiger partial charge in [0.1, 0.15) is 29.9 Å². The van der Waals surface area contributed by atoms with Crippen LogP contribution < -0.4 is 0 Å². The summed E-state index contributed by atoms with van der Waals surface area (Å²) < 4.78 is 31.2.